The minimum absolute atomic E-state index is 0.259. The molecule has 0 aliphatic rings. The lowest BCUT2D eigenvalue weighted by molar-refractivity contribution is -0.139. The summed E-state index contributed by atoms with van der Waals surface area (Å²) in [5.41, 5.74) is 1.72. The van der Waals surface area contributed by atoms with Crippen molar-refractivity contribution in [2.75, 3.05) is 14.1 Å². The molecule has 4 nitrogen and oxygen atoms in total. The van der Waals surface area contributed by atoms with E-state index < -0.39 is 12.1 Å². The molecule has 0 radical (unpaired) electrons. The van der Waals surface area contributed by atoms with Crippen LogP contribution in [0.3, 0.4) is 0 Å². The second-order valence-electron chi connectivity index (χ2n) is 4.10. The maximum Gasteiger partial charge on any atom is 0.306 e. The van der Waals surface area contributed by atoms with Crippen LogP contribution in [-0.4, -0.2) is 35.2 Å². The largest absolute Gasteiger partial charge is 0.481 e. The number of aliphatic carboxylic acids is 1. The number of carboxylic acids is 1. The van der Waals surface area contributed by atoms with Gasteiger partial charge < -0.3 is 15.1 Å². The van der Waals surface area contributed by atoms with Crippen LogP contribution in [-0.2, 0) is 11.3 Å². The molecule has 88 valence electrons. The summed E-state index contributed by atoms with van der Waals surface area (Å²) in [6.07, 6.45) is -1.19. The molecule has 0 aliphatic carbocycles. The van der Waals surface area contributed by atoms with E-state index in [1.54, 1.807) is 6.07 Å². The van der Waals surface area contributed by atoms with E-state index in [1.165, 1.54) is 0 Å². The lowest BCUT2D eigenvalue weighted by Crippen LogP contribution is -2.11. The zero-order valence-corrected chi connectivity index (χ0v) is 9.55. The number of benzene rings is 1. The number of aliphatic hydroxyl groups is 1. The van der Waals surface area contributed by atoms with Crippen LogP contribution in [0.4, 0.5) is 0 Å². The first-order valence-corrected chi connectivity index (χ1v) is 5.12. The molecule has 0 saturated carbocycles. The van der Waals surface area contributed by atoms with Crippen LogP contribution >= 0.6 is 0 Å². The molecule has 0 saturated heterocycles. The molecular weight excluding hydrogens is 206 g/mol. The van der Waals surface area contributed by atoms with Gasteiger partial charge in [0.05, 0.1) is 12.5 Å². The molecule has 0 bridgehead atoms. The summed E-state index contributed by atoms with van der Waals surface area (Å²) in [7, 11) is 3.92. The fourth-order valence-corrected chi connectivity index (χ4v) is 1.55. The van der Waals surface area contributed by atoms with Gasteiger partial charge in [-0.3, -0.25) is 4.79 Å². The highest BCUT2D eigenvalue weighted by molar-refractivity contribution is 5.67. The Morgan fingerprint density at radius 2 is 2.12 bits per heavy atom. The lowest BCUT2D eigenvalue weighted by atomic mass is 10.0. The first-order valence-electron chi connectivity index (χ1n) is 5.12. The smallest absolute Gasteiger partial charge is 0.306 e. The Kier molecular flexibility index (Phi) is 4.46. The first-order chi connectivity index (χ1) is 7.49. The van der Waals surface area contributed by atoms with Crippen LogP contribution in [0.2, 0.25) is 0 Å². The Hall–Kier alpha value is -1.39. The van der Waals surface area contributed by atoms with Crippen molar-refractivity contribution in [2.45, 2.75) is 19.1 Å². The molecule has 1 atom stereocenters. The van der Waals surface area contributed by atoms with Crippen molar-refractivity contribution >= 4 is 5.97 Å². The Morgan fingerprint density at radius 3 is 2.69 bits per heavy atom. The van der Waals surface area contributed by atoms with Gasteiger partial charge in [0.15, 0.2) is 0 Å². The quantitative estimate of drug-likeness (QED) is 0.788. The lowest BCUT2D eigenvalue weighted by Gasteiger charge is -2.13. The van der Waals surface area contributed by atoms with Gasteiger partial charge in [-0.1, -0.05) is 24.3 Å². The average molecular weight is 223 g/mol. The summed E-state index contributed by atoms with van der Waals surface area (Å²) in [5, 5.41) is 18.2. The predicted octanol–water partition coefficient (Wildman–Crippen LogP) is 1.26. The summed E-state index contributed by atoms with van der Waals surface area (Å²) in [6, 6.07) is 7.37. The molecule has 1 rings (SSSR count). The molecule has 0 aromatic heterocycles. The standard InChI is InChI=1S/C12H17NO3/c1-13(2)8-9-4-3-5-10(6-9)11(14)7-12(15)16/h3-6,11,14H,7-8H2,1-2H3,(H,15,16)/t11-/m0/s1. The maximum absolute atomic E-state index is 10.5. The van der Waals surface area contributed by atoms with E-state index in [0.717, 1.165) is 12.1 Å². The van der Waals surface area contributed by atoms with Gasteiger partial charge in [-0.15, -0.1) is 0 Å². The van der Waals surface area contributed by atoms with E-state index in [9.17, 15) is 9.90 Å². The SMILES string of the molecule is CN(C)Cc1cccc([C@@H](O)CC(=O)O)c1. The zero-order valence-electron chi connectivity index (χ0n) is 9.55. The molecule has 0 spiro atoms. The van der Waals surface area contributed by atoms with E-state index in [-0.39, 0.29) is 6.42 Å². The highest BCUT2D eigenvalue weighted by Crippen LogP contribution is 2.18. The number of carboxylic acid groups (broad SMARTS) is 1. The molecule has 0 aliphatic heterocycles. The van der Waals surface area contributed by atoms with E-state index >= 15 is 0 Å². The minimum atomic E-state index is -0.995. The number of hydrogen-bond acceptors (Lipinski definition) is 3. The van der Waals surface area contributed by atoms with Crippen molar-refractivity contribution in [1.82, 2.24) is 4.90 Å². The van der Waals surface area contributed by atoms with Gasteiger partial charge >= 0.3 is 5.97 Å². The summed E-state index contributed by atoms with van der Waals surface area (Å²) in [6.45, 7) is 0.771. The summed E-state index contributed by atoms with van der Waals surface area (Å²) in [5.74, 6) is -0.995. The highest BCUT2D eigenvalue weighted by Gasteiger charge is 2.12. The van der Waals surface area contributed by atoms with Crippen molar-refractivity contribution in [2.24, 2.45) is 0 Å². The van der Waals surface area contributed by atoms with Crippen molar-refractivity contribution in [1.29, 1.82) is 0 Å². The molecule has 0 unspecified atom stereocenters. The van der Waals surface area contributed by atoms with Crippen LogP contribution in [0.1, 0.15) is 23.7 Å². The minimum Gasteiger partial charge on any atom is -0.481 e. The van der Waals surface area contributed by atoms with Crippen molar-refractivity contribution in [3.63, 3.8) is 0 Å². The Bertz CT molecular complexity index is 363. The molecule has 0 fully saturated rings. The van der Waals surface area contributed by atoms with Gasteiger partial charge in [0, 0.05) is 6.54 Å². The van der Waals surface area contributed by atoms with Crippen molar-refractivity contribution in [3.05, 3.63) is 35.4 Å². The molecular formula is C12H17NO3. The van der Waals surface area contributed by atoms with Crippen LogP contribution in [0, 0.1) is 0 Å². The second kappa shape index (κ2) is 5.63. The monoisotopic (exact) mass is 223 g/mol. The van der Waals surface area contributed by atoms with Gasteiger partial charge in [0.1, 0.15) is 0 Å². The number of hydrogen-bond donors (Lipinski definition) is 2. The third kappa shape index (κ3) is 4.00. The van der Waals surface area contributed by atoms with E-state index in [2.05, 4.69) is 0 Å². The van der Waals surface area contributed by atoms with Crippen LogP contribution < -0.4 is 0 Å². The number of carbonyl (C=O) groups is 1. The maximum atomic E-state index is 10.5. The topological polar surface area (TPSA) is 60.8 Å². The van der Waals surface area contributed by atoms with Gasteiger partial charge in [-0.05, 0) is 25.2 Å². The molecule has 16 heavy (non-hydrogen) atoms. The highest BCUT2D eigenvalue weighted by atomic mass is 16.4. The fraction of sp³-hybridized carbons (Fsp3) is 0.417. The fourth-order valence-electron chi connectivity index (χ4n) is 1.55. The normalized spacial score (nSPS) is 12.8. The van der Waals surface area contributed by atoms with E-state index in [1.807, 2.05) is 37.2 Å². The molecule has 1 aromatic rings. The number of nitrogens with zero attached hydrogens (tertiary/aromatic N) is 1. The second-order valence-corrected chi connectivity index (χ2v) is 4.10. The van der Waals surface area contributed by atoms with Crippen molar-refractivity contribution in [3.8, 4) is 0 Å². The van der Waals surface area contributed by atoms with Gasteiger partial charge in [0.2, 0.25) is 0 Å². The predicted molar refractivity (Wildman–Crippen MR) is 61.0 cm³/mol. The third-order valence-corrected chi connectivity index (χ3v) is 2.20. The van der Waals surface area contributed by atoms with Crippen molar-refractivity contribution < 1.29 is 15.0 Å². The molecule has 0 amide bonds. The van der Waals surface area contributed by atoms with Gasteiger partial charge in [-0.2, -0.15) is 0 Å². The van der Waals surface area contributed by atoms with Crippen LogP contribution in [0.15, 0.2) is 24.3 Å². The Labute approximate surface area is 95.1 Å². The average Bonchev–Trinajstić information content (AvgIpc) is 2.16. The van der Waals surface area contributed by atoms with Crippen LogP contribution in [0.25, 0.3) is 0 Å². The first kappa shape index (κ1) is 12.7. The zero-order chi connectivity index (χ0) is 12.1. The Balaban J connectivity index is 2.77. The van der Waals surface area contributed by atoms with Gasteiger partial charge in [0.25, 0.3) is 0 Å². The molecule has 1 aromatic carbocycles. The summed E-state index contributed by atoms with van der Waals surface area (Å²) < 4.78 is 0. The van der Waals surface area contributed by atoms with Crippen LogP contribution in [0.5, 0.6) is 0 Å². The number of aliphatic hydroxyl groups excluding tert-OH is 1. The van der Waals surface area contributed by atoms with Gasteiger partial charge in [-0.25, -0.2) is 0 Å². The molecule has 0 heterocycles. The molecule has 4 heteroatoms. The number of rotatable bonds is 5. The molecule has 2 N–H and O–H groups in total. The summed E-state index contributed by atoms with van der Waals surface area (Å²) >= 11 is 0. The third-order valence-electron chi connectivity index (χ3n) is 2.20. The van der Waals surface area contributed by atoms with E-state index in [0.29, 0.717) is 5.56 Å². The Morgan fingerprint density at radius 1 is 1.44 bits per heavy atom. The van der Waals surface area contributed by atoms with E-state index in [4.69, 9.17) is 5.11 Å². The summed E-state index contributed by atoms with van der Waals surface area (Å²) in [4.78, 5) is 12.5.